The van der Waals surface area contributed by atoms with Crippen molar-refractivity contribution < 1.29 is 4.74 Å². The molecule has 1 heterocycles. The molecule has 0 bridgehead atoms. The molecule has 1 atom stereocenters. The lowest BCUT2D eigenvalue weighted by Crippen LogP contribution is -2.09. The Morgan fingerprint density at radius 1 is 0.833 bits per heavy atom. The summed E-state index contributed by atoms with van der Waals surface area (Å²) in [6, 6.07) is 24.6. The van der Waals surface area contributed by atoms with E-state index >= 15 is 0 Å². The highest BCUT2D eigenvalue weighted by atomic mass is 35.5. The van der Waals surface area contributed by atoms with Crippen LogP contribution in [0, 0.1) is 0 Å². The molecule has 0 fully saturated rings. The Morgan fingerprint density at radius 2 is 1.58 bits per heavy atom. The van der Waals surface area contributed by atoms with Gasteiger partial charge in [0.15, 0.2) is 12.0 Å². The molecule has 0 saturated heterocycles. The summed E-state index contributed by atoms with van der Waals surface area (Å²) in [5, 5.41) is 8.74. The smallest absolute Gasteiger partial charge is 0.196 e. The summed E-state index contributed by atoms with van der Waals surface area (Å²) in [6.45, 7) is 0. The van der Waals surface area contributed by atoms with Crippen molar-refractivity contribution in [3.8, 4) is 5.75 Å². The Balaban J connectivity index is 1.74. The highest BCUT2D eigenvalue weighted by molar-refractivity contribution is 6.32. The van der Waals surface area contributed by atoms with E-state index in [-0.39, 0.29) is 6.23 Å². The number of rotatable bonds is 1. The summed E-state index contributed by atoms with van der Waals surface area (Å²) >= 11 is 6.24. The molecule has 1 N–H and O–H groups in total. The Morgan fingerprint density at radius 3 is 2.46 bits per heavy atom. The van der Waals surface area contributed by atoms with Crippen molar-refractivity contribution in [2.45, 2.75) is 6.23 Å². The second-order valence-electron chi connectivity index (χ2n) is 6.02. The minimum Gasteiger partial charge on any atom is -0.464 e. The molecule has 2 nitrogen and oxygen atoms in total. The standard InChI is InChI=1S/C21H14ClNO/c22-16-10-8-13-6-7-14-9-11-18-20(19(14)17(13)12-16)24-21(23-18)15-4-2-1-3-5-15/h1-12,21,23H. The maximum atomic E-state index is 6.30. The molecule has 1 aliphatic rings. The number of nitrogens with one attached hydrogen (secondary N) is 1. The van der Waals surface area contributed by atoms with Crippen LogP contribution in [-0.4, -0.2) is 0 Å². The first-order chi connectivity index (χ1) is 11.8. The van der Waals surface area contributed by atoms with E-state index in [4.69, 9.17) is 16.3 Å². The van der Waals surface area contributed by atoms with Gasteiger partial charge in [0.25, 0.3) is 0 Å². The molecule has 5 rings (SSSR count). The first-order valence-corrected chi connectivity index (χ1v) is 8.30. The van der Waals surface area contributed by atoms with Crippen LogP contribution in [0.25, 0.3) is 21.5 Å². The number of hydrogen-bond donors (Lipinski definition) is 1. The minimum atomic E-state index is -0.166. The van der Waals surface area contributed by atoms with Crippen LogP contribution in [0.5, 0.6) is 5.75 Å². The Labute approximate surface area is 144 Å². The van der Waals surface area contributed by atoms with Gasteiger partial charge in [0.1, 0.15) is 0 Å². The molecule has 0 radical (unpaired) electrons. The fourth-order valence-electron chi connectivity index (χ4n) is 3.39. The third-order valence-corrected chi connectivity index (χ3v) is 4.78. The van der Waals surface area contributed by atoms with Crippen LogP contribution in [0.2, 0.25) is 5.02 Å². The molecule has 24 heavy (non-hydrogen) atoms. The van der Waals surface area contributed by atoms with Crippen molar-refractivity contribution in [2.75, 3.05) is 5.32 Å². The second-order valence-corrected chi connectivity index (χ2v) is 6.46. The van der Waals surface area contributed by atoms with Crippen LogP contribution in [0.4, 0.5) is 5.69 Å². The summed E-state index contributed by atoms with van der Waals surface area (Å²) in [5.41, 5.74) is 2.13. The zero-order chi connectivity index (χ0) is 16.1. The van der Waals surface area contributed by atoms with Crippen molar-refractivity contribution in [3.05, 3.63) is 83.4 Å². The number of ether oxygens (including phenoxy) is 1. The molecular weight excluding hydrogens is 318 g/mol. The monoisotopic (exact) mass is 331 g/mol. The molecule has 0 aromatic heterocycles. The number of hydrogen-bond acceptors (Lipinski definition) is 2. The Bertz CT molecular complexity index is 1080. The summed E-state index contributed by atoms with van der Waals surface area (Å²) < 4.78 is 6.30. The van der Waals surface area contributed by atoms with E-state index < -0.39 is 0 Å². The van der Waals surface area contributed by atoms with Crippen LogP contribution in [0.15, 0.2) is 72.8 Å². The van der Waals surface area contributed by atoms with Crippen molar-refractivity contribution >= 4 is 38.8 Å². The third-order valence-electron chi connectivity index (χ3n) is 4.54. The largest absolute Gasteiger partial charge is 0.464 e. The third kappa shape index (κ3) is 2.04. The van der Waals surface area contributed by atoms with Gasteiger partial charge in [-0.15, -0.1) is 0 Å². The van der Waals surface area contributed by atoms with Gasteiger partial charge in [0.2, 0.25) is 0 Å². The second kappa shape index (κ2) is 5.15. The lowest BCUT2D eigenvalue weighted by Gasteiger charge is -2.12. The zero-order valence-electron chi connectivity index (χ0n) is 12.8. The van der Waals surface area contributed by atoms with Crippen molar-refractivity contribution in [1.29, 1.82) is 0 Å². The first kappa shape index (κ1) is 13.7. The molecular formula is C21H14ClNO. The molecule has 116 valence electrons. The van der Waals surface area contributed by atoms with Crippen LogP contribution in [0.3, 0.4) is 0 Å². The lowest BCUT2D eigenvalue weighted by molar-refractivity contribution is 0.263. The van der Waals surface area contributed by atoms with E-state index in [9.17, 15) is 0 Å². The summed E-state index contributed by atoms with van der Waals surface area (Å²) in [6.07, 6.45) is -0.166. The highest BCUT2D eigenvalue weighted by Gasteiger charge is 2.25. The van der Waals surface area contributed by atoms with E-state index in [1.165, 1.54) is 0 Å². The summed E-state index contributed by atoms with van der Waals surface area (Å²) in [7, 11) is 0. The van der Waals surface area contributed by atoms with E-state index in [0.29, 0.717) is 0 Å². The Kier molecular flexibility index (Phi) is 2.94. The van der Waals surface area contributed by atoms with Crippen LogP contribution in [0.1, 0.15) is 11.8 Å². The van der Waals surface area contributed by atoms with Gasteiger partial charge in [-0.25, -0.2) is 0 Å². The highest BCUT2D eigenvalue weighted by Crippen LogP contribution is 2.45. The fraction of sp³-hybridized carbons (Fsp3) is 0.0476. The van der Waals surface area contributed by atoms with Crippen molar-refractivity contribution in [1.82, 2.24) is 0 Å². The molecule has 0 spiro atoms. The van der Waals surface area contributed by atoms with Gasteiger partial charge in [0, 0.05) is 16.0 Å². The lowest BCUT2D eigenvalue weighted by atomic mass is 10.0. The summed E-state index contributed by atoms with van der Waals surface area (Å²) in [4.78, 5) is 0. The Hall–Kier alpha value is -2.71. The minimum absolute atomic E-state index is 0.166. The van der Waals surface area contributed by atoms with Gasteiger partial charge in [-0.3, -0.25) is 0 Å². The molecule has 1 unspecified atom stereocenters. The topological polar surface area (TPSA) is 21.3 Å². The fourth-order valence-corrected chi connectivity index (χ4v) is 3.56. The summed E-state index contributed by atoms with van der Waals surface area (Å²) in [5.74, 6) is 0.897. The van der Waals surface area contributed by atoms with Crippen LogP contribution in [-0.2, 0) is 0 Å². The molecule has 0 saturated carbocycles. The van der Waals surface area contributed by atoms with Gasteiger partial charge < -0.3 is 10.1 Å². The molecule has 1 aliphatic heterocycles. The first-order valence-electron chi connectivity index (χ1n) is 7.93. The van der Waals surface area contributed by atoms with E-state index in [1.807, 2.05) is 36.4 Å². The SMILES string of the molecule is Clc1ccc2ccc3ccc4c(c3c2c1)OC(c1ccccc1)N4. The molecule has 4 aromatic rings. The quantitative estimate of drug-likeness (QED) is 0.422. The maximum absolute atomic E-state index is 6.30. The van der Waals surface area contributed by atoms with Crippen LogP contribution < -0.4 is 10.1 Å². The van der Waals surface area contributed by atoms with Gasteiger partial charge in [-0.2, -0.15) is 0 Å². The maximum Gasteiger partial charge on any atom is 0.196 e. The predicted molar refractivity (Wildman–Crippen MR) is 99.9 cm³/mol. The van der Waals surface area contributed by atoms with Gasteiger partial charge in [-0.1, -0.05) is 66.2 Å². The number of fused-ring (bicyclic) bond motifs is 5. The van der Waals surface area contributed by atoms with Gasteiger partial charge >= 0.3 is 0 Å². The van der Waals surface area contributed by atoms with Crippen molar-refractivity contribution in [3.63, 3.8) is 0 Å². The molecule has 0 amide bonds. The molecule has 3 heteroatoms. The van der Waals surface area contributed by atoms with Gasteiger partial charge in [-0.05, 0) is 34.4 Å². The molecule has 4 aromatic carbocycles. The van der Waals surface area contributed by atoms with Crippen molar-refractivity contribution in [2.24, 2.45) is 0 Å². The van der Waals surface area contributed by atoms with Gasteiger partial charge in [0.05, 0.1) is 5.69 Å². The zero-order valence-corrected chi connectivity index (χ0v) is 13.5. The average Bonchev–Trinajstić information content (AvgIpc) is 3.06. The normalized spacial score (nSPS) is 16.0. The van der Waals surface area contributed by atoms with E-state index in [0.717, 1.165) is 43.6 Å². The van der Waals surface area contributed by atoms with E-state index in [2.05, 4.69) is 41.7 Å². The van der Waals surface area contributed by atoms with E-state index in [1.54, 1.807) is 0 Å². The molecule has 0 aliphatic carbocycles. The number of benzene rings is 4. The predicted octanol–water partition coefficient (Wildman–Crippen LogP) is 6.15. The number of halogens is 1. The average molecular weight is 332 g/mol. The number of anilines is 1. The van der Waals surface area contributed by atoms with Crippen LogP contribution >= 0.6 is 11.6 Å².